The van der Waals surface area contributed by atoms with Gasteiger partial charge in [-0.2, -0.15) is 0 Å². The average molecular weight is 323 g/mol. The van der Waals surface area contributed by atoms with Crippen LogP contribution in [0.25, 0.3) is 0 Å². The lowest BCUT2D eigenvalue weighted by Gasteiger charge is -2.39. The number of likely N-dealkylation sites (tertiary alicyclic amines) is 1. The van der Waals surface area contributed by atoms with Crippen LogP contribution in [-0.2, 0) is 9.59 Å². The molecule has 0 saturated carbocycles. The fourth-order valence-electron chi connectivity index (χ4n) is 3.98. The normalized spacial score (nSPS) is 31.7. The van der Waals surface area contributed by atoms with Crippen molar-refractivity contribution in [1.82, 2.24) is 15.1 Å². The lowest BCUT2D eigenvalue weighted by Crippen LogP contribution is -2.52. The van der Waals surface area contributed by atoms with Crippen LogP contribution >= 0.6 is 0 Å². The van der Waals surface area contributed by atoms with E-state index >= 15 is 0 Å². The minimum atomic E-state index is -0.898. The summed E-state index contributed by atoms with van der Waals surface area (Å²) in [7, 11) is 0. The van der Waals surface area contributed by atoms with Gasteiger partial charge in [-0.05, 0) is 52.4 Å². The van der Waals surface area contributed by atoms with Crippen LogP contribution in [0.3, 0.4) is 0 Å². The van der Waals surface area contributed by atoms with Gasteiger partial charge >= 0.3 is 6.03 Å². The Hall–Kier alpha value is -1.59. The van der Waals surface area contributed by atoms with E-state index in [0.717, 1.165) is 24.2 Å². The smallest absolute Gasteiger partial charge is 0.325 e. The second-order valence-corrected chi connectivity index (χ2v) is 7.68. The van der Waals surface area contributed by atoms with E-state index in [2.05, 4.69) is 5.32 Å². The summed E-state index contributed by atoms with van der Waals surface area (Å²) in [6, 6.07) is -0.132. The molecule has 2 heterocycles. The molecular weight excluding hydrogens is 294 g/mol. The molecule has 2 aliphatic rings. The highest BCUT2D eigenvalue weighted by Gasteiger charge is 2.49. The lowest BCUT2D eigenvalue weighted by molar-refractivity contribution is -0.142. The van der Waals surface area contributed by atoms with Gasteiger partial charge in [-0.15, -0.1) is 0 Å². The molecule has 130 valence electrons. The maximum atomic E-state index is 12.7. The number of amides is 4. The Bertz CT molecular complexity index is 495. The molecular formula is C17H29N3O3. The summed E-state index contributed by atoms with van der Waals surface area (Å²) in [5.74, 6) is -0.147. The minimum absolute atomic E-state index is 0.137. The zero-order valence-corrected chi connectivity index (χ0v) is 14.9. The monoisotopic (exact) mass is 323 g/mol. The van der Waals surface area contributed by atoms with Gasteiger partial charge in [0.25, 0.3) is 5.91 Å². The molecule has 3 atom stereocenters. The zero-order chi connectivity index (χ0) is 17.4. The molecule has 0 aliphatic carbocycles. The van der Waals surface area contributed by atoms with Crippen molar-refractivity contribution in [2.75, 3.05) is 6.54 Å². The van der Waals surface area contributed by atoms with Crippen LogP contribution in [0.1, 0.15) is 60.3 Å². The number of nitrogens with one attached hydrogen (secondary N) is 1. The van der Waals surface area contributed by atoms with Gasteiger partial charge in [-0.3, -0.25) is 14.5 Å². The number of imide groups is 1. The molecule has 0 spiro atoms. The van der Waals surface area contributed by atoms with Crippen LogP contribution in [0.2, 0.25) is 0 Å². The van der Waals surface area contributed by atoms with Gasteiger partial charge in [0.1, 0.15) is 12.1 Å². The van der Waals surface area contributed by atoms with Crippen LogP contribution in [0.4, 0.5) is 4.79 Å². The zero-order valence-electron chi connectivity index (χ0n) is 14.9. The fourth-order valence-corrected chi connectivity index (χ4v) is 3.98. The first-order valence-electron chi connectivity index (χ1n) is 8.61. The summed E-state index contributed by atoms with van der Waals surface area (Å²) < 4.78 is 0. The highest BCUT2D eigenvalue weighted by atomic mass is 16.2. The van der Waals surface area contributed by atoms with E-state index in [4.69, 9.17) is 0 Å². The van der Waals surface area contributed by atoms with Crippen molar-refractivity contribution in [3.05, 3.63) is 0 Å². The van der Waals surface area contributed by atoms with Crippen LogP contribution in [-0.4, -0.2) is 51.8 Å². The molecule has 0 bridgehead atoms. The van der Waals surface area contributed by atoms with Crippen LogP contribution in [0.15, 0.2) is 0 Å². The Morgan fingerprint density at radius 2 is 1.83 bits per heavy atom. The number of urea groups is 1. The maximum Gasteiger partial charge on any atom is 0.325 e. The summed E-state index contributed by atoms with van der Waals surface area (Å²) >= 11 is 0. The third-order valence-electron chi connectivity index (χ3n) is 4.94. The largest absolute Gasteiger partial charge is 0.336 e. The number of nitrogens with zero attached hydrogens (tertiary/aromatic N) is 2. The van der Waals surface area contributed by atoms with E-state index < -0.39 is 11.6 Å². The first kappa shape index (κ1) is 17.8. The fraction of sp³-hybridized carbons (Fsp3) is 0.824. The molecule has 23 heavy (non-hydrogen) atoms. The summed E-state index contributed by atoms with van der Waals surface area (Å²) in [5, 5.41) is 2.76. The van der Waals surface area contributed by atoms with E-state index in [1.54, 1.807) is 6.92 Å². The van der Waals surface area contributed by atoms with Crippen molar-refractivity contribution in [2.24, 2.45) is 5.92 Å². The van der Waals surface area contributed by atoms with Gasteiger partial charge in [0.15, 0.2) is 0 Å². The predicted octanol–water partition coefficient (Wildman–Crippen LogP) is 2.13. The SMILES string of the molecule is CC(C)C[C@@]1(C)NC(=O)N(CC(=O)N2[C@H](C)CCC[C@H]2C)C1=O. The van der Waals surface area contributed by atoms with Crippen molar-refractivity contribution in [3.8, 4) is 0 Å². The van der Waals surface area contributed by atoms with Crippen molar-refractivity contribution in [1.29, 1.82) is 0 Å². The molecule has 0 aromatic heterocycles. The first-order valence-corrected chi connectivity index (χ1v) is 8.61. The van der Waals surface area contributed by atoms with Crippen molar-refractivity contribution >= 4 is 17.8 Å². The number of carbonyl (C=O) groups is 3. The van der Waals surface area contributed by atoms with Crippen molar-refractivity contribution in [2.45, 2.75) is 77.9 Å². The molecule has 0 aromatic carbocycles. The van der Waals surface area contributed by atoms with Crippen LogP contribution < -0.4 is 5.32 Å². The molecule has 2 rings (SSSR count). The topological polar surface area (TPSA) is 69.7 Å². The van der Waals surface area contributed by atoms with Crippen LogP contribution in [0.5, 0.6) is 0 Å². The standard InChI is InChI=1S/C17H29N3O3/c1-11(2)9-17(5)15(22)19(16(23)18-17)10-14(21)20-12(3)7-6-8-13(20)4/h11-13H,6-10H2,1-5H3,(H,18,23)/t12-,13-,17-/m1/s1. The molecule has 2 aliphatic heterocycles. The molecule has 1 N–H and O–H groups in total. The Labute approximate surface area is 138 Å². The Balaban J connectivity index is 2.09. The van der Waals surface area contributed by atoms with E-state index in [9.17, 15) is 14.4 Å². The Morgan fingerprint density at radius 1 is 1.26 bits per heavy atom. The van der Waals surface area contributed by atoms with Crippen molar-refractivity contribution in [3.63, 3.8) is 0 Å². The molecule has 2 fully saturated rings. The van der Waals surface area contributed by atoms with Gasteiger partial charge in [-0.1, -0.05) is 13.8 Å². The van der Waals surface area contributed by atoms with Crippen LogP contribution in [0, 0.1) is 5.92 Å². The predicted molar refractivity (Wildman–Crippen MR) is 87.7 cm³/mol. The Kier molecular flexibility index (Phi) is 5.01. The van der Waals surface area contributed by atoms with Gasteiger partial charge < -0.3 is 10.2 Å². The van der Waals surface area contributed by atoms with Gasteiger partial charge in [0.2, 0.25) is 5.91 Å². The number of piperidine rings is 1. The summed E-state index contributed by atoms with van der Waals surface area (Å²) in [6.07, 6.45) is 3.63. The average Bonchev–Trinajstić information content (AvgIpc) is 2.61. The highest BCUT2D eigenvalue weighted by Crippen LogP contribution is 2.26. The molecule has 6 nitrogen and oxygen atoms in total. The Morgan fingerprint density at radius 3 is 2.35 bits per heavy atom. The highest BCUT2D eigenvalue weighted by molar-refractivity contribution is 6.08. The van der Waals surface area contributed by atoms with E-state index in [0.29, 0.717) is 6.42 Å². The van der Waals surface area contributed by atoms with Crippen molar-refractivity contribution < 1.29 is 14.4 Å². The molecule has 2 saturated heterocycles. The van der Waals surface area contributed by atoms with Gasteiger partial charge in [-0.25, -0.2) is 4.79 Å². The first-order chi connectivity index (χ1) is 10.7. The number of carbonyl (C=O) groups excluding carboxylic acids is 3. The third kappa shape index (κ3) is 3.51. The third-order valence-corrected chi connectivity index (χ3v) is 4.94. The molecule has 6 heteroatoms. The molecule has 0 radical (unpaired) electrons. The van der Waals surface area contributed by atoms with Gasteiger partial charge in [0, 0.05) is 12.1 Å². The van der Waals surface area contributed by atoms with E-state index in [1.807, 2.05) is 32.6 Å². The minimum Gasteiger partial charge on any atom is -0.336 e. The summed E-state index contributed by atoms with van der Waals surface area (Å²) in [5.41, 5.74) is -0.898. The number of rotatable bonds is 4. The maximum absolute atomic E-state index is 12.7. The quantitative estimate of drug-likeness (QED) is 0.806. The summed E-state index contributed by atoms with van der Waals surface area (Å²) in [4.78, 5) is 40.4. The lowest BCUT2D eigenvalue weighted by atomic mass is 9.91. The number of hydrogen-bond donors (Lipinski definition) is 1. The number of hydrogen-bond acceptors (Lipinski definition) is 3. The molecule has 0 unspecified atom stereocenters. The second kappa shape index (κ2) is 6.49. The van der Waals surface area contributed by atoms with Gasteiger partial charge in [0.05, 0.1) is 0 Å². The van der Waals surface area contributed by atoms with E-state index in [-0.39, 0.29) is 36.4 Å². The molecule has 4 amide bonds. The molecule has 0 aromatic rings. The summed E-state index contributed by atoms with van der Waals surface area (Å²) in [6.45, 7) is 9.66. The van der Waals surface area contributed by atoms with E-state index in [1.165, 1.54) is 0 Å². The second-order valence-electron chi connectivity index (χ2n) is 7.68.